The minimum Gasteiger partial charge on any atom is -0.385 e. The van der Waals surface area contributed by atoms with Crippen LogP contribution in [0.2, 0.25) is 0 Å². The number of pyridine rings is 1. The summed E-state index contributed by atoms with van der Waals surface area (Å²) in [6.07, 6.45) is 11.9. The Morgan fingerprint density at radius 3 is 2.31 bits per heavy atom. The van der Waals surface area contributed by atoms with Gasteiger partial charge in [-0.1, -0.05) is 24.3 Å². The molecule has 0 spiro atoms. The highest BCUT2D eigenvalue weighted by atomic mass is 16.3. The molecule has 4 aromatic heterocycles. The average molecular weight is 423 g/mol. The molecule has 1 aromatic carbocycles. The van der Waals surface area contributed by atoms with E-state index in [1.54, 1.807) is 40.2 Å². The van der Waals surface area contributed by atoms with E-state index in [2.05, 4.69) is 31.2 Å². The number of aliphatic hydroxyl groups excluding tert-OH is 1. The Balaban J connectivity index is 1.32. The number of aromatic nitrogens is 7. The minimum absolute atomic E-state index is 0.317. The summed E-state index contributed by atoms with van der Waals surface area (Å²) < 4.78 is 3.47. The summed E-state index contributed by atoms with van der Waals surface area (Å²) in [4.78, 5) is 13.3. The molecule has 1 atom stereocenters. The number of hydrogen-bond donors (Lipinski definition) is 1. The molecule has 8 heteroatoms. The Hall–Kier alpha value is -4.17. The maximum atomic E-state index is 10.4. The van der Waals surface area contributed by atoms with Gasteiger partial charge < -0.3 is 5.11 Å². The second-order valence-corrected chi connectivity index (χ2v) is 7.50. The summed E-state index contributed by atoms with van der Waals surface area (Å²) in [7, 11) is 1.90. The van der Waals surface area contributed by atoms with Crippen molar-refractivity contribution in [1.82, 2.24) is 34.5 Å². The number of aliphatic hydroxyl groups is 1. The number of benzene rings is 1. The van der Waals surface area contributed by atoms with Crippen molar-refractivity contribution in [3.8, 4) is 33.6 Å². The van der Waals surface area contributed by atoms with Crippen molar-refractivity contribution in [2.45, 2.75) is 12.6 Å². The highest BCUT2D eigenvalue weighted by molar-refractivity contribution is 5.70. The molecule has 0 bridgehead atoms. The molecule has 0 radical (unpaired) electrons. The van der Waals surface area contributed by atoms with E-state index in [4.69, 9.17) is 0 Å². The zero-order valence-corrected chi connectivity index (χ0v) is 17.4. The lowest BCUT2D eigenvalue weighted by Crippen LogP contribution is -2.10. The van der Waals surface area contributed by atoms with Crippen molar-refractivity contribution in [2.24, 2.45) is 7.05 Å². The van der Waals surface area contributed by atoms with Gasteiger partial charge in [-0.15, -0.1) is 0 Å². The topological polar surface area (TPSA) is 94.5 Å². The van der Waals surface area contributed by atoms with E-state index >= 15 is 0 Å². The monoisotopic (exact) mass is 423 g/mol. The molecule has 0 saturated heterocycles. The van der Waals surface area contributed by atoms with Crippen LogP contribution in [0.25, 0.3) is 33.6 Å². The van der Waals surface area contributed by atoms with Crippen molar-refractivity contribution < 1.29 is 5.11 Å². The van der Waals surface area contributed by atoms with E-state index in [0.29, 0.717) is 18.1 Å². The molecule has 0 amide bonds. The average Bonchev–Trinajstić information content (AvgIpc) is 3.49. The highest BCUT2D eigenvalue weighted by Crippen LogP contribution is 2.25. The lowest BCUT2D eigenvalue weighted by molar-refractivity contribution is 0.147. The third-order valence-corrected chi connectivity index (χ3v) is 5.17. The van der Waals surface area contributed by atoms with Gasteiger partial charge in [0.05, 0.1) is 24.6 Å². The maximum absolute atomic E-state index is 10.4. The summed E-state index contributed by atoms with van der Waals surface area (Å²) in [5.74, 6) is 0.650. The van der Waals surface area contributed by atoms with Crippen molar-refractivity contribution in [3.05, 3.63) is 91.5 Å². The number of rotatable bonds is 6. The van der Waals surface area contributed by atoms with Crippen LogP contribution in [0.3, 0.4) is 0 Å². The highest BCUT2D eigenvalue weighted by Gasteiger charge is 2.12. The van der Waals surface area contributed by atoms with Crippen LogP contribution < -0.4 is 0 Å². The van der Waals surface area contributed by atoms with E-state index in [1.165, 1.54) is 0 Å². The maximum Gasteiger partial charge on any atom is 0.159 e. The van der Waals surface area contributed by atoms with Gasteiger partial charge in [0.15, 0.2) is 5.82 Å². The van der Waals surface area contributed by atoms with Gasteiger partial charge in [0.25, 0.3) is 0 Å². The smallest absolute Gasteiger partial charge is 0.159 e. The molecule has 8 nitrogen and oxygen atoms in total. The Morgan fingerprint density at radius 2 is 1.56 bits per heavy atom. The van der Waals surface area contributed by atoms with Gasteiger partial charge >= 0.3 is 0 Å². The summed E-state index contributed by atoms with van der Waals surface area (Å²) in [6, 6.07) is 13.6. The second kappa shape index (κ2) is 8.52. The van der Waals surface area contributed by atoms with Crippen molar-refractivity contribution >= 4 is 0 Å². The van der Waals surface area contributed by atoms with Crippen molar-refractivity contribution in [2.75, 3.05) is 0 Å². The molecular formula is C24H21N7O. The van der Waals surface area contributed by atoms with Crippen LogP contribution >= 0.6 is 0 Å². The van der Waals surface area contributed by atoms with Crippen LogP contribution in [0, 0.1) is 0 Å². The molecule has 1 unspecified atom stereocenters. The Kier molecular flexibility index (Phi) is 5.27. The van der Waals surface area contributed by atoms with Gasteiger partial charge in [-0.3, -0.25) is 14.3 Å². The Morgan fingerprint density at radius 1 is 0.781 bits per heavy atom. The van der Waals surface area contributed by atoms with Gasteiger partial charge in [-0.25, -0.2) is 9.97 Å². The molecule has 0 aliphatic carbocycles. The molecule has 5 rings (SSSR count). The third kappa shape index (κ3) is 4.17. The number of nitrogens with zero attached hydrogens (tertiary/aromatic N) is 7. The first-order valence-electron chi connectivity index (χ1n) is 10.2. The van der Waals surface area contributed by atoms with E-state index in [0.717, 1.165) is 27.8 Å². The van der Waals surface area contributed by atoms with Crippen LogP contribution in [0.4, 0.5) is 0 Å². The van der Waals surface area contributed by atoms with Crippen LogP contribution in [-0.4, -0.2) is 39.6 Å². The van der Waals surface area contributed by atoms with E-state index < -0.39 is 6.10 Å². The van der Waals surface area contributed by atoms with Crippen LogP contribution in [0.5, 0.6) is 0 Å². The zero-order valence-electron chi connectivity index (χ0n) is 17.4. The van der Waals surface area contributed by atoms with E-state index in [1.807, 2.05) is 56.0 Å². The fourth-order valence-electron chi connectivity index (χ4n) is 3.49. The quantitative estimate of drug-likeness (QED) is 0.449. The lowest BCUT2D eigenvalue weighted by Gasteiger charge is -2.09. The summed E-state index contributed by atoms with van der Waals surface area (Å²) in [5.41, 5.74) is 5.41. The SMILES string of the molecule is Cn1cc(-c2cccc(-c3ncc(-c4cnn(CC(O)c5ccccn5)c4)cn3)c2)cn1. The van der Waals surface area contributed by atoms with Gasteiger partial charge in [0.2, 0.25) is 0 Å². The van der Waals surface area contributed by atoms with Crippen LogP contribution in [0.15, 0.2) is 85.8 Å². The van der Waals surface area contributed by atoms with Crippen molar-refractivity contribution in [3.63, 3.8) is 0 Å². The first kappa shape index (κ1) is 19.8. The first-order chi connectivity index (χ1) is 15.7. The second-order valence-electron chi connectivity index (χ2n) is 7.50. The van der Waals surface area contributed by atoms with Crippen LogP contribution in [-0.2, 0) is 13.6 Å². The Bertz CT molecular complexity index is 1330. The molecule has 4 heterocycles. The van der Waals surface area contributed by atoms with E-state index in [9.17, 15) is 5.11 Å². The third-order valence-electron chi connectivity index (χ3n) is 5.17. The molecule has 158 valence electrons. The lowest BCUT2D eigenvalue weighted by atomic mass is 10.1. The molecule has 0 aliphatic rings. The van der Waals surface area contributed by atoms with Crippen LogP contribution in [0.1, 0.15) is 11.8 Å². The van der Waals surface area contributed by atoms with Gasteiger partial charge in [-0.2, -0.15) is 10.2 Å². The zero-order chi connectivity index (χ0) is 21.9. The van der Waals surface area contributed by atoms with Gasteiger partial charge in [0.1, 0.15) is 6.10 Å². The molecule has 0 aliphatic heterocycles. The first-order valence-corrected chi connectivity index (χ1v) is 10.2. The van der Waals surface area contributed by atoms with Gasteiger partial charge in [0, 0.05) is 60.3 Å². The Labute approximate surface area is 184 Å². The summed E-state index contributed by atoms with van der Waals surface area (Å²) >= 11 is 0. The normalized spacial score (nSPS) is 12.1. The fourth-order valence-corrected chi connectivity index (χ4v) is 3.49. The van der Waals surface area contributed by atoms with Crippen molar-refractivity contribution in [1.29, 1.82) is 0 Å². The molecule has 0 fully saturated rings. The molecule has 1 N–H and O–H groups in total. The summed E-state index contributed by atoms with van der Waals surface area (Å²) in [6.45, 7) is 0.317. The fraction of sp³-hybridized carbons (Fsp3) is 0.125. The predicted molar refractivity (Wildman–Crippen MR) is 120 cm³/mol. The largest absolute Gasteiger partial charge is 0.385 e. The number of hydrogen-bond acceptors (Lipinski definition) is 6. The molecule has 5 aromatic rings. The number of aryl methyl sites for hydroxylation is 1. The predicted octanol–water partition coefficient (Wildman–Crippen LogP) is 3.54. The molecular weight excluding hydrogens is 402 g/mol. The minimum atomic E-state index is -0.727. The van der Waals surface area contributed by atoms with Gasteiger partial charge in [-0.05, 0) is 23.8 Å². The van der Waals surface area contributed by atoms with E-state index in [-0.39, 0.29) is 0 Å². The molecule has 0 saturated carbocycles. The summed E-state index contributed by atoms with van der Waals surface area (Å²) in [5, 5.41) is 19.0. The standard InChI is InChI=1S/C24H21N7O/c1-30-14-20(12-28-30)17-5-4-6-18(9-17)24-26-10-19(11-27-24)21-13-29-31(15-21)16-23(32)22-7-2-3-8-25-22/h2-15,23,32H,16H2,1H3. The molecule has 32 heavy (non-hydrogen) atoms.